The molecular formula is C23H25N3O2. The highest BCUT2D eigenvalue weighted by molar-refractivity contribution is 5.79. The van der Waals surface area contributed by atoms with E-state index in [9.17, 15) is 4.79 Å². The van der Waals surface area contributed by atoms with Gasteiger partial charge < -0.3 is 9.42 Å². The third kappa shape index (κ3) is 3.57. The summed E-state index contributed by atoms with van der Waals surface area (Å²) in [5.74, 6) is 1.70. The van der Waals surface area contributed by atoms with Crippen LogP contribution in [0.1, 0.15) is 61.2 Å². The average Bonchev–Trinajstić information content (AvgIpc) is 3.31. The molecule has 1 amide bonds. The standard InChI is InChI=1S/C23H25N3O2/c1-15(2)17-8-10-18(11-9-17)22-24-23(28-25-22)20-12-13-21(27)26(20)14-19-7-5-4-6-16(19)3/h4-11,15,20H,12-14H2,1-3H3. The molecule has 1 saturated heterocycles. The average molecular weight is 375 g/mol. The topological polar surface area (TPSA) is 59.2 Å². The molecule has 0 saturated carbocycles. The molecule has 0 radical (unpaired) electrons. The molecule has 1 fully saturated rings. The van der Waals surface area contributed by atoms with Crippen LogP contribution < -0.4 is 0 Å². The first kappa shape index (κ1) is 18.4. The monoisotopic (exact) mass is 375 g/mol. The second-order valence-corrected chi connectivity index (χ2v) is 7.74. The van der Waals surface area contributed by atoms with E-state index in [1.165, 1.54) is 11.1 Å². The van der Waals surface area contributed by atoms with Crippen molar-refractivity contribution in [1.29, 1.82) is 0 Å². The van der Waals surface area contributed by atoms with Crippen molar-refractivity contribution in [2.75, 3.05) is 0 Å². The maximum absolute atomic E-state index is 12.5. The van der Waals surface area contributed by atoms with Gasteiger partial charge in [-0.3, -0.25) is 4.79 Å². The number of amides is 1. The number of nitrogens with zero attached hydrogens (tertiary/aromatic N) is 3. The third-order valence-corrected chi connectivity index (χ3v) is 5.49. The summed E-state index contributed by atoms with van der Waals surface area (Å²) >= 11 is 0. The van der Waals surface area contributed by atoms with Crippen LogP contribution in [0.4, 0.5) is 0 Å². The quantitative estimate of drug-likeness (QED) is 0.627. The minimum Gasteiger partial charge on any atom is -0.337 e. The lowest BCUT2D eigenvalue weighted by Crippen LogP contribution is -2.27. The Morgan fingerprint density at radius 2 is 1.89 bits per heavy atom. The molecule has 2 heterocycles. The van der Waals surface area contributed by atoms with E-state index in [0.717, 1.165) is 11.1 Å². The minimum atomic E-state index is -0.164. The summed E-state index contributed by atoms with van der Waals surface area (Å²) in [5.41, 5.74) is 4.52. The molecule has 0 spiro atoms. The molecule has 144 valence electrons. The number of hydrogen-bond acceptors (Lipinski definition) is 4. The van der Waals surface area contributed by atoms with Gasteiger partial charge in [0.25, 0.3) is 0 Å². The first-order valence-corrected chi connectivity index (χ1v) is 9.81. The largest absolute Gasteiger partial charge is 0.337 e. The van der Waals surface area contributed by atoms with Crippen LogP contribution in [0.15, 0.2) is 53.1 Å². The number of aryl methyl sites for hydroxylation is 1. The van der Waals surface area contributed by atoms with Gasteiger partial charge in [-0.25, -0.2) is 0 Å². The summed E-state index contributed by atoms with van der Waals surface area (Å²) in [6.45, 7) is 6.97. The van der Waals surface area contributed by atoms with Gasteiger partial charge in [-0.05, 0) is 36.0 Å². The number of carbonyl (C=O) groups is 1. The van der Waals surface area contributed by atoms with E-state index in [1.54, 1.807) is 0 Å². The van der Waals surface area contributed by atoms with Crippen LogP contribution in [0.2, 0.25) is 0 Å². The van der Waals surface area contributed by atoms with Gasteiger partial charge in [0.1, 0.15) is 6.04 Å². The Bertz CT molecular complexity index is 976. The summed E-state index contributed by atoms with van der Waals surface area (Å²) in [6, 6.07) is 16.2. The molecule has 2 aromatic carbocycles. The van der Waals surface area contributed by atoms with Crippen molar-refractivity contribution in [3.63, 3.8) is 0 Å². The number of carbonyl (C=O) groups excluding carboxylic acids is 1. The zero-order chi connectivity index (χ0) is 19.7. The molecule has 1 aromatic heterocycles. The molecule has 28 heavy (non-hydrogen) atoms. The fraction of sp³-hybridized carbons (Fsp3) is 0.348. The predicted octanol–water partition coefficient (Wildman–Crippen LogP) is 5.03. The molecule has 1 aliphatic rings. The summed E-state index contributed by atoms with van der Waals surface area (Å²) in [4.78, 5) is 19.0. The molecule has 1 aliphatic heterocycles. The number of hydrogen-bond donors (Lipinski definition) is 0. The molecule has 1 unspecified atom stereocenters. The second-order valence-electron chi connectivity index (χ2n) is 7.74. The molecule has 0 N–H and O–H groups in total. The molecule has 5 heteroatoms. The first-order valence-electron chi connectivity index (χ1n) is 9.81. The van der Waals surface area contributed by atoms with E-state index in [4.69, 9.17) is 4.52 Å². The van der Waals surface area contributed by atoms with Gasteiger partial charge in [-0.1, -0.05) is 67.5 Å². The van der Waals surface area contributed by atoms with Crippen molar-refractivity contribution in [2.24, 2.45) is 0 Å². The van der Waals surface area contributed by atoms with Crippen molar-refractivity contribution in [3.8, 4) is 11.4 Å². The number of benzene rings is 2. The van der Waals surface area contributed by atoms with Crippen LogP contribution in [0.5, 0.6) is 0 Å². The van der Waals surface area contributed by atoms with Gasteiger partial charge in [0.2, 0.25) is 17.6 Å². The van der Waals surface area contributed by atoms with Gasteiger partial charge in [-0.2, -0.15) is 4.98 Å². The Morgan fingerprint density at radius 3 is 2.61 bits per heavy atom. The third-order valence-electron chi connectivity index (χ3n) is 5.49. The van der Waals surface area contributed by atoms with Crippen LogP contribution in [0.25, 0.3) is 11.4 Å². The summed E-state index contributed by atoms with van der Waals surface area (Å²) in [7, 11) is 0. The molecule has 1 atom stereocenters. The summed E-state index contributed by atoms with van der Waals surface area (Å²) in [6.07, 6.45) is 1.22. The Kier molecular flexibility index (Phi) is 4.99. The van der Waals surface area contributed by atoms with E-state index >= 15 is 0 Å². The van der Waals surface area contributed by atoms with Crippen LogP contribution in [-0.2, 0) is 11.3 Å². The lowest BCUT2D eigenvalue weighted by atomic mass is 10.0. The Balaban J connectivity index is 1.56. The zero-order valence-electron chi connectivity index (χ0n) is 16.6. The van der Waals surface area contributed by atoms with E-state index in [1.807, 2.05) is 29.2 Å². The minimum absolute atomic E-state index is 0.134. The summed E-state index contributed by atoms with van der Waals surface area (Å²) in [5, 5.41) is 4.17. The SMILES string of the molecule is Cc1ccccc1CN1C(=O)CCC1c1nc(-c2ccc(C(C)C)cc2)no1. The fourth-order valence-electron chi connectivity index (χ4n) is 3.66. The molecule has 3 aromatic rings. The van der Waals surface area contributed by atoms with Crippen molar-refractivity contribution in [2.45, 2.75) is 52.1 Å². The van der Waals surface area contributed by atoms with Gasteiger partial charge >= 0.3 is 0 Å². The van der Waals surface area contributed by atoms with E-state index in [-0.39, 0.29) is 11.9 Å². The Labute approximate surface area is 165 Å². The van der Waals surface area contributed by atoms with Crippen LogP contribution in [0, 0.1) is 6.92 Å². The molecule has 0 aliphatic carbocycles. The van der Waals surface area contributed by atoms with Gasteiger partial charge in [0.15, 0.2) is 0 Å². The highest BCUT2D eigenvalue weighted by Crippen LogP contribution is 2.34. The van der Waals surface area contributed by atoms with E-state index < -0.39 is 0 Å². The van der Waals surface area contributed by atoms with E-state index in [2.05, 4.69) is 55.2 Å². The number of aromatic nitrogens is 2. The van der Waals surface area contributed by atoms with Gasteiger partial charge in [-0.15, -0.1) is 0 Å². The van der Waals surface area contributed by atoms with Gasteiger partial charge in [0.05, 0.1) is 0 Å². The number of likely N-dealkylation sites (tertiary alicyclic amines) is 1. The number of rotatable bonds is 5. The predicted molar refractivity (Wildman–Crippen MR) is 108 cm³/mol. The van der Waals surface area contributed by atoms with Crippen LogP contribution >= 0.6 is 0 Å². The Hall–Kier alpha value is -2.95. The molecular weight excluding hydrogens is 350 g/mol. The molecule has 5 nitrogen and oxygen atoms in total. The van der Waals surface area contributed by atoms with Crippen molar-refractivity contribution in [3.05, 3.63) is 71.1 Å². The zero-order valence-corrected chi connectivity index (χ0v) is 16.6. The van der Waals surface area contributed by atoms with Crippen molar-refractivity contribution >= 4 is 5.91 Å². The fourth-order valence-corrected chi connectivity index (χ4v) is 3.66. The van der Waals surface area contributed by atoms with Crippen molar-refractivity contribution < 1.29 is 9.32 Å². The lowest BCUT2D eigenvalue weighted by Gasteiger charge is -2.23. The maximum atomic E-state index is 12.5. The lowest BCUT2D eigenvalue weighted by molar-refractivity contribution is -0.130. The normalized spacial score (nSPS) is 16.9. The highest BCUT2D eigenvalue weighted by Gasteiger charge is 2.36. The van der Waals surface area contributed by atoms with Crippen LogP contribution in [0.3, 0.4) is 0 Å². The van der Waals surface area contributed by atoms with Crippen molar-refractivity contribution in [1.82, 2.24) is 15.0 Å². The van der Waals surface area contributed by atoms with E-state index in [0.29, 0.717) is 37.0 Å². The smallest absolute Gasteiger partial charge is 0.249 e. The maximum Gasteiger partial charge on any atom is 0.249 e. The Morgan fingerprint density at radius 1 is 1.14 bits per heavy atom. The highest BCUT2D eigenvalue weighted by atomic mass is 16.5. The van der Waals surface area contributed by atoms with Gasteiger partial charge in [0, 0.05) is 18.5 Å². The second kappa shape index (κ2) is 7.58. The summed E-state index contributed by atoms with van der Waals surface area (Å²) < 4.78 is 5.57. The first-order chi connectivity index (χ1) is 13.5. The van der Waals surface area contributed by atoms with Crippen LogP contribution in [-0.4, -0.2) is 20.9 Å². The molecule has 0 bridgehead atoms. The molecule has 4 rings (SSSR count).